The summed E-state index contributed by atoms with van der Waals surface area (Å²) >= 11 is 0. The molecule has 2 aromatic carbocycles. The molecule has 0 bridgehead atoms. The maximum atomic E-state index is 12.6. The van der Waals surface area contributed by atoms with E-state index in [0.29, 0.717) is 13.1 Å². The Balaban J connectivity index is 1.60. The van der Waals surface area contributed by atoms with Gasteiger partial charge in [-0.15, -0.1) is 0 Å². The molecule has 1 aliphatic heterocycles. The molecule has 2 atom stereocenters. The number of aliphatic hydroxyl groups is 1. The Kier molecular flexibility index (Phi) is 3.36. The number of hydrogen-bond acceptors (Lipinski definition) is 3. The van der Waals surface area contributed by atoms with Crippen LogP contribution in [0.1, 0.15) is 21.5 Å². The number of rotatable bonds is 3. The first kappa shape index (κ1) is 13.7. The Hall–Kier alpha value is -1.91. The minimum Gasteiger partial charge on any atom is -0.391 e. The number of hydrogen-bond donors (Lipinski definition) is 3. The normalized spacial score (nSPS) is 23.1. The minimum absolute atomic E-state index is 0.0466. The fourth-order valence-electron chi connectivity index (χ4n) is 3.69. The fraction of sp³-hybridized carbons (Fsp3) is 0.389. The summed E-state index contributed by atoms with van der Waals surface area (Å²) in [4.78, 5) is 12.6. The molecule has 0 spiro atoms. The van der Waals surface area contributed by atoms with Crippen molar-refractivity contribution in [3.05, 3.63) is 47.0 Å². The molecule has 3 N–H and O–H groups in total. The van der Waals surface area contributed by atoms with Crippen LogP contribution >= 0.6 is 0 Å². The van der Waals surface area contributed by atoms with Gasteiger partial charge in [-0.2, -0.15) is 0 Å². The zero-order valence-electron chi connectivity index (χ0n) is 12.4. The average Bonchev–Trinajstić information content (AvgIpc) is 3.13. The molecule has 0 radical (unpaired) electrons. The van der Waals surface area contributed by atoms with Crippen LogP contribution in [0, 0.1) is 5.92 Å². The second-order valence-electron chi connectivity index (χ2n) is 6.31. The van der Waals surface area contributed by atoms with Crippen LogP contribution in [0.15, 0.2) is 30.3 Å². The predicted octanol–water partition coefficient (Wildman–Crippen LogP) is 1.25. The van der Waals surface area contributed by atoms with Crippen molar-refractivity contribution in [1.82, 2.24) is 10.6 Å². The van der Waals surface area contributed by atoms with Gasteiger partial charge in [0, 0.05) is 31.1 Å². The van der Waals surface area contributed by atoms with Crippen LogP contribution in [0.5, 0.6) is 0 Å². The molecule has 1 saturated heterocycles. The summed E-state index contributed by atoms with van der Waals surface area (Å²) in [6.45, 7) is 1.88. The molecule has 2 aliphatic rings. The molecule has 22 heavy (non-hydrogen) atoms. The standard InChI is InChI=1S/C18H20N2O2/c21-16-10-19-8-13(16)9-20-18(22)15-7-6-12-5-4-11-2-1-3-14(15)17(11)12/h1-3,6-7,13,16,19,21H,4-5,8-10H2,(H,20,22). The van der Waals surface area contributed by atoms with Gasteiger partial charge >= 0.3 is 0 Å². The molecule has 0 saturated carbocycles. The molecule has 4 heteroatoms. The van der Waals surface area contributed by atoms with E-state index in [1.54, 1.807) is 0 Å². The second-order valence-corrected chi connectivity index (χ2v) is 6.31. The Morgan fingerprint density at radius 1 is 1.18 bits per heavy atom. The number of carbonyl (C=O) groups is 1. The highest BCUT2D eigenvalue weighted by Gasteiger charge is 2.25. The van der Waals surface area contributed by atoms with Gasteiger partial charge in [0.25, 0.3) is 5.91 Å². The largest absolute Gasteiger partial charge is 0.391 e. The van der Waals surface area contributed by atoms with Crippen molar-refractivity contribution in [2.75, 3.05) is 19.6 Å². The van der Waals surface area contributed by atoms with E-state index < -0.39 is 0 Å². The lowest BCUT2D eigenvalue weighted by atomic mass is 9.99. The zero-order valence-corrected chi connectivity index (χ0v) is 12.4. The van der Waals surface area contributed by atoms with Crippen molar-refractivity contribution < 1.29 is 9.90 Å². The smallest absolute Gasteiger partial charge is 0.251 e. The van der Waals surface area contributed by atoms with Crippen molar-refractivity contribution in [1.29, 1.82) is 0 Å². The molecule has 4 nitrogen and oxygen atoms in total. The van der Waals surface area contributed by atoms with Crippen LogP contribution in [0.4, 0.5) is 0 Å². The monoisotopic (exact) mass is 296 g/mol. The molecule has 0 aromatic heterocycles. The lowest BCUT2D eigenvalue weighted by molar-refractivity contribution is 0.0928. The Bertz CT molecular complexity index is 731. The van der Waals surface area contributed by atoms with Gasteiger partial charge in [0.2, 0.25) is 0 Å². The first-order chi connectivity index (χ1) is 10.7. The van der Waals surface area contributed by atoms with Crippen LogP contribution in [0.25, 0.3) is 10.8 Å². The lowest BCUT2D eigenvalue weighted by Gasteiger charge is -2.15. The maximum absolute atomic E-state index is 12.6. The number of carbonyl (C=O) groups excluding carboxylic acids is 1. The van der Waals surface area contributed by atoms with E-state index >= 15 is 0 Å². The third-order valence-corrected chi connectivity index (χ3v) is 4.95. The van der Waals surface area contributed by atoms with Crippen molar-refractivity contribution in [2.24, 2.45) is 5.92 Å². The quantitative estimate of drug-likeness (QED) is 0.799. The maximum Gasteiger partial charge on any atom is 0.251 e. The van der Waals surface area contributed by atoms with Crippen LogP contribution in [0.2, 0.25) is 0 Å². The zero-order chi connectivity index (χ0) is 15.1. The molecule has 114 valence electrons. The minimum atomic E-state index is -0.367. The SMILES string of the molecule is O=C(NCC1CNCC1O)c1ccc2c3c(cccc13)CC2. The Morgan fingerprint density at radius 2 is 2.00 bits per heavy atom. The van der Waals surface area contributed by atoms with Gasteiger partial charge in [-0.1, -0.05) is 24.3 Å². The molecule has 1 amide bonds. The highest BCUT2D eigenvalue weighted by Crippen LogP contribution is 2.32. The fourth-order valence-corrected chi connectivity index (χ4v) is 3.69. The van der Waals surface area contributed by atoms with E-state index in [1.807, 2.05) is 18.2 Å². The average molecular weight is 296 g/mol. The molecule has 1 fully saturated rings. The second kappa shape index (κ2) is 5.38. The molecule has 2 aromatic rings. The summed E-state index contributed by atoms with van der Waals surface area (Å²) in [7, 11) is 0. The van der Waals surface area contributed by atoms with E-state index in [0.717, 1.165) is 30.3 Å². The highest BCUT2D eigenvalue weighted by molar-refractivity contribution is 6.09. The summed E-state index contributed by atoms with van der Waals surface area (Å²) in [5.41, 5.74) is 3.43. The molecular formula is C18H20N2O2. The number of amides is 1. The van der Waals surface area contributed by atoms with Crippen molar-refractivity contribution >= 4 is 16.7 Å². The van der Waals surface area contributed by atoms with E-state index in [4.69, 9.17) is 0 Å². The highest BCUT2D eigenvalue weighted by atomic mass is 16.3. The summed E-state index contributed by atoms with van der Waals surface area (Å²) in [5.74, 6) is 0.0513. The molecule has 4 rings (SSSR count). The third-order valence-electron chi connectivity index (χ3n) is 4.95. The van der Waals surface area contributed by atoms with Crippen molar-refractivity contribution in [2.45, 2.75) is 18.9 Å². The van der Waals surface area contributed by atoms with Gasteiger partial charge in [-0.3, -0.25) is 4.79 Å². The first-order valence-electron chi connectivity index (χ1n) is 7.94. The summed E-state index contributed by atoms with van der Waals surface area (Å²) in [6.07, 6.45) is 1.77. The van der Waals surface area contributed by atoms with Gasteiger partial charge in [-0.25, -0.2) is 0 Å². The van der Waals surface area contributed by atoms with Crippen molar-refractivity contribution in [3.8, 4) is 0 Å². The van der Waals surface area contributed by atoms with Gasteiger partial charge in [-0.05, 0) is 40.8 Å². The lowest BCUT2D eigenvalue weighted by Crippen LogP contribution is -2.34. The molecule has 1 aliphatic carbocycles. The van der Waals surface area contributed by atoms with Gasteiger partial charge < -0.3 is 15.7 Å². The predicted molar refractivity (Wildman–Crippen MR) is 86.1 cm³/mol. The third kappa shape index (κ3) is 2.19. The Morgan fingerprint density at radius 3 is 2.77 bits per heavy atom. The van der Waals surface area contributed by atoms with Gasteiger partial charge in [0.05, 0.1) is 6.10 Å². The van der Waals surface area contributed by atoms with Crippen LogP contribution in [0.3, 0.4) is 0 Å². The van der Waals surface area contributed by atoms with E-state index in [-0.39, 0.29) is 17.9 Å². The van der Waals surface area contributed by atoms with Crippen LogP contribution in [-0.4, -0.2) is 36.8 Å². The number of benzene rings is 2. The van der Waals surface area contributed by atoms with Crippen molar-refractivity contribution in [3.63, 3.8) is 0 Å². The Labute approximate surface area is 129 Å². The molecule has 1 heterocycles. The molecular weight excluding hydrogens is 276 g/mol. The molecule has 2 unspecified atom stereocenters. The van der Waals surface area contributed by atoms with Crippen LogP contribution in [-0.2, 0) is 12.8 Å². The van der Waals surface area contributed by atoms with Gasteiger partial charge in [0.1, 0.15) is 0 Å². The first-order valence-corrected chi connectivity index (χ1v) is 7.94. The van der Waals surface area contributed by atoms with E-state index in [1.165, 1.54) is 16.5 Å². The summed E-state index contributed by atoms with van der Waals surface area (Å²) in [6, 6.07) is 10.2. The van der Waals surface area contributed by atoms with E-state index in [2.05, 4.69) is 22.8 Å². The number of nitrogens with one attached hydrogen (secondary N) is 2. The number of β-amino-alcohol motifs (C(OH)–C–C–N with tert-alkyl or cyclic N) is 1. The van der Waals surface area contributed by atoms with E-state index in [9.17, 15) is 9.90 Å². The topological polar surface area (TPSA) is 61.4 Å². The number of aryl methyl sites for hydroxylation is 2. The number of aliphatic hydroxyl groups excluding tert-OH is 1. The summed E-state index contributed by atoms with van der Waals surface area (Å²) < 4.78 is 0. The van der Waals surface area contributed by atoms with Gasteiger partial charge in [0.15, 0.2) is 0 Å². The van der Waals surface area contributed by atoms with Crippen LogP contribution < -0.4 is 10.6 Å². The summed E-state index contributed by atoms with van der Waals surface area (Å²) in [5, 5.41) is 18.2.